The molecule has 1 N–H and O–H groups in total. The number of anilines is 1. The van der Waals surface area contributed by atoms with Crippen LogP contribution in [-0.4, -0.2) is 30.0 Å². The summed E-state index contributed by atoms with van der Waals surface area (Å²) in [5.41, 5.74) is 1.09. The van der Waals surface area contributed by atoms with Crippen molar-refractivity contribution in [3.8, 4) is 0 Å². The SMILES string of the molecule is Cc1nc(NCC2COC(C)(C)O2)sc1C. The molecule has 2 rings (SSSR count). The first kappa shape index (κ1) is 11.8. The maximum atomic E-state index is 5.70. The van der Waals surface area contributed by atoms with Crippen LogP contribution in [0.5, 0.6) is 0 Å². The average Bonchev–Trinajstić information content (AvgIpc) is 2.68. The highest BCUT2D eigenvalue weighted by Crippen LogP contribution is 2.24. The minimum absolute atomic E-state index is 0.111. The zero-order valence-electron chi connectivity index (χ0n) is 10.2. The van der Waals surface area contributed by atoms with E-state index in [-0.39, 0.29) is 6.10 Å². The Morgan fingerprint density at radius 1 is 1.50 bits per heavy atom. The van der Waals surface area contributed by atoms with E-state index >= 15 is 0 Å². The quantitative estimate of drug-likeness (QED) is 0.883. The van der Waals surface area contributed by atoms with Crippen LogP contribution in [0, 0.1) is 13.8 Å². The Morgan fingerprint density at radius 3 is 2.75 bits per heavy atom. The lowest BCUT2D eigenvalue weighted by Crippen LogP contribution is -2.25. The van der Waals surface area contributed by atoms with E-state index in [1.807, 2.05) is 20.8 Å². The summed E-state index contributed by atoms with van der Waals surface area (Å²) in [6, 6.07) is 0. The molecule has 1 aliphatic rings. The molecule has 16 heavy (non-hydrogen) atoms. The fraction of sp³-hybridized carbons (Fsp3) is 0.727. The van der Waals surface area contributed by atoms with E-state index in [4.69, 9.17) is 9.47 Å². The Hall–Kier alpha value is -0.650. The van der Waals surface area contributed by atoms with Crippen molar-refractivity contribution >= 4 is 16.5 Å². The number of aryl methyl sites for hydroxylation is 2. The molecule has 0 aliphatic carbocycles. The molecule has 0 spiro atoms. The summed E-state index contributed by atoms with van der Waals surface area (Å²) >= 11 is 1.68. The summed E-state index contributed by atoms with van der Waals surface area (Å²) in [6.07, 6.45) is 0.111. The third-order valence-electron chi connectivity index (χ3n) is 2.58. The Balaban J connectivity index is 1.84. The summed E-state index contributed by atoms with van der Waals surface area (Å²) in [6.45, 7) is 9.36. The Labute approximate surface area is 100.0 Å². The van der Waals surface area contributed by atoms with Crippen molar-refractivity contribution in [1.82, 2.24) is 4.98 Å². The van der Waals surface area contributed by atoms with Gasteiger partial charge in [0.05, 0.1) is 12.3 Å². The molecular formula is C11H18N2O2S. The zero-order valence-corrected chi connectivity index (χ0v) is 11.0. The first-order valence-electron chi connectivity index (χ1n) is 5.46. The van der Waals surface area contributed by atoms with Crippen LogP contribution in [0.1, 0.15) is 24.4 Å². The summed E-state index contributed by atoms with van der Waals surface area (Å²) in [5, 5.41) is 4.25. The number of hydrogen-bond donors (Lipinski definition) is 1. The highest BCUT2D eigenvalue weighted by Gasteiger charge is 2.32. The lowest BCUT2D eigenvalue weighted by Gasteiger charge is -2.17. The summed E-state index contributed by atoms with van der Waals surface area (Å²) < 4.78 is 11.2. The van der Waals surface area contributed by atoms with Crippen molar-refractivity contribution < 1.29 is 9.47 Å². The molecule has 1 unspecified atom stereocenters. The van der Waals surface area contributed by atoms with Crippen molar-refractivity contribution in [2.45, 2.75) is 39.6 Å². The zero-order chi connectivity index (χ0) is 11.8. The molecule has 4 nitrogen and oxygen atoms in total. The van der Waals surface area contributed by atoms with E-state index in [0.29, 0.717) is 6.61 Å². The second kappa shape index (κ2) is 4.31. The van der Waals surface area contributed by atoms with Crippen LogP contribution in [0.15, 0.2) is 0 Å². The maximum Gasteiger partial charge on any atom is 0.183 e. The normalized spacial score (nSPS) is 23.6. The van der Waals surface area contributed by atoms with Crippen LogP contribution in [0.2, 0.25) is 0 Å². The van der Waals surface area contributed by atoms with Gasteiger partial charge in [-0.1, -0.05) is 0 Å². The number of hydrogen-bond acceptors (Lipinski definition) is 5. The molecule has 90 valence electrons. The number of nitrogens with zero attached hydrogens (tertiary/aromatic N) is 1. The number of nitrogens with one attached hydrogen (secondary N) is 1. The van der Waals surface area contributed by atoms with Gasteiger partial charge in [0.15, 0.2) is 10.9 Å². The van der Waals surface area contributed by atoms with Gasteiger partial charge in [-0.25, -0.2) is 4.98 Å². The van der Waals surface area contributed by atoms with Crippen molar-refractivity contribution in [2.75, 3.05) is 18.5 Å². The van der Waals surface area contributed by atoms with Gasteiger partial charge in [-0.05, 0) is 27.7 Å². The molecule has 0 amide bonds. The molecule has 2 heterocycles. The third kappa shape index (κ3) is 2.72. The topological polar surface area (TPSA) is 43.4 Å². The molecule has 1 aromatic heterocycles. The molecule has 1 aromatic rings. The van der Waals surface area contributed by atoms with Crippen LogP contribution in [-0.2, 0) is 9.47 Å². The Morgan fingerprint density at radius 2 is 2.25 bits per heavy atom. The van der Waals surface area contributed by atoms with Gasteiger partial charge in [0.2, 0.25) is 0 Å². The number of rotatable bonds is 3. The summed E-state index contributed by atoms with van der Waals surface area (Å²) in [5.74, 6) is -0.443. The Bertz CT molecular complexity index is 357. The molecule has 0 aromatic carbocycles. The fourth-order valence-corrected chi connectivity index (χ4v) is 2.43. The van der Waals surface area contributed by atoms with E-state index in [9.17, 15) is 0 Å². The van der Waals surface area contributed by atoms with Crippen LogP contribution in [0.25, 0.3) is 0 Å². The lowest BCUT2D eigenvalue weighted by atomic mass is 10.4. The molecular weight excluding hydrogens is 224 g/mol. The van der Waals surface area contributed by atoms with Gasteiger partial charge < -0.3 is 14.8 Å². The van der Waals surface area contributed by atoms with Crippen molar-refractivity contribution in [1.29, 1.82) is 0 Å². The second-order valence-electron chi connectivity index (χ2n) is 4.49. The van der Waals surface area contributed by atoms with E-state index in [0.717, 1.165) is 17.4 Å². The molecule has 1 aliphatic heterocycles. The van der Waals surface area contributed by atoms with Gasteiger partial charge >= 0.3 is 0 Å². The summed E-state index contributed by atoms with van der Waals surface area (Å²) in [4.78, 5) is 5.67. The third-order valence-corrected chi connectivity index (χ3v) is 3.61. The number of aromatic nitrogens is 1. The van der Waals surface area contributed by atoms with Gasteiger partial charge in [-0.3, -0.25) is 0 Å². The van der Waals surface area contributed by atoms with Crippen LogP contribution in [0.3, 0.4) is 0 Å². The second-order valence-corrected chi connectivity index (χ2v) is 5.70. The van der Waals surface area contributed by atoms with Crippen molar-refractivity contribution in [3.05, 3.63) is 10.6 Å². The van der Waals surface area contributed by atoms with Crippen LogP contribution in [0.4, 0.5) is 5.13 Å². The first-order valence-corrected chi connectivity index (χ1v) is 6.27. The van der Waals surface area contributed by atoms with E-state index < -0.39 is 5.79 Å². The highest BCUT2D eigenvalue weighted by atomic mass is 32.1. The lowest BCUT2D eigenvalue weighted by molar-refractivity contribution is -0.136. The molecule has 0 saturated carbocycles. The summed E-state index contributed by atoms with van der Waals surface area (Å²) in [7, 11) is 0. The molecule has 0 bridgehead atoms. The van der Waals surface area contributed by atoms with E-state index in [2.05, 4.69) is 17.2 Å². The molecule has 1 saturated heterocycles. The number of ether oxygens (including phenoxy) is 2. The van der Waals surface area contributed by atoms with Gasteiger partial charge in [0.25, 0.3) is 0 Å². The minimum Gasteiger partial charge on any atom is -0.359 e. The first-order chi connectivity index (χ1) is 7.46. The minimum atomic E-state index is -0.443. The number of thiazole rings is 1. The van der Waals surface area contributed by atoms with E-state index in [1.165, 1.54) is 4.88 Å². The van der Waals surface area contributed by atoms with Gasteiger partial charge in [-0.2, -0.15) is 0 Å². The molecule has 0 radical (unpaired) electrons. The largest absolute Gasteiger partial charge is 0.359 e. The van der Waals surface area contributed by atoms with Gasteiger partial charge in [-0.15, -0.1) is 11.3 Å². The van der Waals surface area contributed by atoms with Crippen molar-refractivity contribution in [3.63, 3.8) is 0 Å². The maximum absolute atomic E-state index is 5.70. The Kier molecular flexibility index (Phi) is 3.19. The predicted molar refractivity (Wildman–Crippen MR) is 65.0 cm³/mol. The van der Waals surface area contributed by atoms with Crippen LogP contribution >= 0.6 is 11.3 Å². The van der Waals surface area contributed by atoms with Gasteiger partial charge in [0.1, 0.15) is 6.10 Å². The van der Waals surface area contributed by atoms with E-state index in [1.54, 1.807) is 11.3 Å². The predicted octanol–water partition coefficient (Wildman–Crippen LogP) is 2.32. The fourth-order valence-electron chi connectivity index (χ4n) is 1.61. The molecule has 1 fully saturated rings. The highest BCUT2D eigenvalue weighted by molar-refractivity contribution is 7.15. The van der Waals surface area contributed by atoms with Crippen LogP contribution < -0.4 is 5.32 Å². The smallest absolute Gasteiger partial charge is 0.183 e. The van der Waals surface area contributed by atoms with Crippen molar-refractivity contribution in [2.24, 2.45) is 0 Å². The molecule has 5 heteroatoms. The average molecular weight is 242 g/mol. The monoisotopic (exact) mass is 242 g/mol. The molecule has 1 atom stereocenters. The van der Waals surface area contributed by atoms with Gasteiger partial charge in [0, 0.05) is 11.4 Å². The standard InChI is InChI=1S/C11H18N2O2S/c1-7-8(2)16-10(13-7)12-5-9-6-14-11(3,4)15-9/h9H,5-6H2,1-4H3,(H,12,13).